The number of carbonyl (C=O) groups is 3. The zero-order chi connectivity index (χ0) is 22.7. The summed E-state index contributed by atoms with van der Waals surface area (Å²) in [5.41, 5.74) is 0. The highest BCUT2D eigenvalue weighted by Gasteiger charge is 2.35. The van der Waals surface area contributed by atoms with E-state index in [1.54, 1.807) is 0 Å². The van der Waals surface area contributed by atoms with Crippen molar-refractivity contribution < 1.29 is 34.2 Å². The van der Waals surface area contributed by atoms with Gasteiger partial charge in [-0.05, 0) is 38.5 Å². The summed E-state index contributed by atoms with van der Waals surface area (Å²) in [5, 5.41) is 27.3. The van der Waals surface area contributed by atoms with Crippen LogP contribution in [0.4, 0.5) is 0 Å². The van der Waals surface area contributed by atoms with E-state index in [0.29, 0.717) is 6.42 Å². The van der Waals surface area contributed by atoms with E-state index < -0.39 is 42.0 Å². The van der Waals surface area contributed by atoms with Crippen molar-refractivity contribution in [1.29, 1.82) is 0 Å². The Morgan fingerprint density at radius 2 is 0.967 bits per heavy atom. The number of hydrogen-bond donors (Lipinski definition) is 3. The summed E-state index contributed by atoms with van der Waals surface area (Å²) in [6, 6.07) is 0. The molecule has 0 aromatic rings. The van der Waals surface area contributed by atoms with Crippen molar-refractivity contribution in [3.05, 3.63) is 12.2 Å². The Balaban J connectivity index is 3.98. The minimum absolute atomic E-state index is 0.253. The van der Waals surface area contributed by atoms with E-state index in [1.165, 1.54) is 38.5 Å². The van der Waals surface area contributed by atoms with E-state index in [1.807, 2.05) is 0 Å². The maximum absolute atomic E-state index is 11.1. The van der Waals surface area contributed by atoms with Gasteiger partial charge in [-0.1, -0.05) is 64.0 Å². The standard InChI is InChI=1S/C23H41NO6/c1-2-3-4-5-6-7-8-9-10-11-12-13-14-15-16-17-24(18-21(25)26,19-22(27)28)20-23(29)30/h9-10H,2-8,11-20H2,1H3,(H2-,25,26,27,28,29,30)/p+1/b10-9+. The fourth-order valence-corrected chi connectivity index (χ4v) is 3.78. The first-order valence-electron chi connectivity index (χ1n) is 11.5. The lowest BCUT2D eigenvalue weighted by molar-refractivity contribution is -0.907. The van der Waals surface area contributed by atoms with Crippen LogP contribution in [0.15, 0.2) is 12.2 Å². The molecule has 0 aliphatic rings. The topological polar surface area (TPSA) is 112 Å². The molecule has 0 heterocycles. The van der Waals surface area contributed by atoms with E-state index >= 15 is 0 Å². The molecule has 7 heteroatoms. The average molecular weight is 429 g/mol. The SMILES string of the molecule is CCCCCCCC/C=C/CCCCCCC[N+](CC(=O)O)(CC(=O)O)CC(=O)O. The lowest BCUT2D eigenvalue weighted by Crippen LogP contribution is -2.57. The first kappa shape index (κ1) is 28.1. The number of hydrogen-bond acceptors (Lipinski definition) is 3. The first-order chi connectivity index (χ1) is 14.3. The number of nitrogens with zero attached hydrogens (tertiary/aromatic N) is 1. The molecule has 0 spiro atoms. The Labute approximate surface area is 181 Å². The van der Waals surface area contributed by atoms with Crippen LogP contribution < -0.4 is 0 Å². The average Bonchev–Trinajstić information content (AvgIpc) is 2.63. The Kier molecular flexibility index (Phi) is 16.8. The van der Waals surface area contributed by atoms with E-state index in [0.717, 1.165) is 38.5 Å². The number of carboxylic acid groups (broad SMARTS) is 3. The van der Waals surface area contributed by atoms with E-state index in [-0.39, 0.29) is 6.54 Å². The summed E-state index contributed by atoms with van der Waals surface area (Å²) in [5.74, 6) is -3.53. The molecule has 0 aliphatic carbocycles. The predicted octanol–water partition coefficient (Wildman–Crippen LogP) is 4.70. The summed E-state index contributed by atoms with van der Waals surface area (Å²) >= 11 is 0. The van der Waals surface area contributed by atoms with Crippen molar-refractivity contribution in [2.45, 2.75) is 90.4 Å². The van der Waals surface area contributed by atoms with Crippen LogP contribution in [-0.4, -0.2) is 63.9 Å². The third kappa shape index (κ3) is 17.0. The molecular formula is C23H42NO6+. The minimum atomic E-state index is -1.18. The van der Waals surface area contributed by atoms with E-state index in [4.69, 9.17) is 15.3 Å². The highest BCUT2D eigenvalue weighted by atomic mass is 16.4. The third-order valence-electron chi connectivity index (χ3n) is 5.31. The fourth-order valence-electron chi connectivity index (χ4n) is 3.78. The van der Waals surface area contributed by atoms with Gasteiger partial charge in [-0.3, -0.25) is 4.48 Å². The van der Waals surface area contributed by atoms with Gasteiger partial charge < -0.3 is 15.3 Å². The van der Waals surface area contributed by atoms with Gasteiger partial charge in [-0.2, -0.15) is 0 Å². The second-order valence-electron chi connectivity index (χ2n) is 8.31. The van der Waals surface area contributed by atoms with Crippen LogP contribution in [0.3, 0.4) is 0 Å². The Bertz CT molecular complexity index is 477. The van der Waals surface area contributed by atoms with Gasteiger partial charge in [-0.25, -0.2) is 14.4 Å². The van der Waals surface area contributed by atoms with Crippen molar-refractivity contribution >= 4 is 17.9 Å². The molecule has 0 radical (unpaired) electrons. The molecule has 0 bridgehead atoms. The zero-order valence-electron chi connectivity index (χ0n) is 18.7. The summed E-state index contributed by atoms with van der Waals surface area (Å²) in [6.07, 6.45) is 19.3. The molecule has 0 aromatic carbocycles. The van der Waals surface area contributed by atoms with Crippen LogP contribution in [0, 0.1) is 0 Å². The Morgan fingerprint density at radius 3 is 1.37 bits per heavy atom. The van der Waals surface area contributed by atoms with Gasteiger partial charge in [0.05, 0.1) is 6.54 Å². The number of allylic oxidation sites excluding steroid dienone is 2. The molecular weight excluding hydrogens is 386 g/mol. The van der Waals surface area contributed by atoms with Crippen LogP contribution >= 0.6 is 0 Å². The number of quaternary nitrogens is 1. The number of carboxylic acids is 3. The molecule has 7 nitrogen and oxygen atoms in total. The second-order valence-corrected chi connectivity index (χ2v) is 8.31. The van der Waals surface area contributed by atoms with Crippen molar-refractivity contribution in [2.75, 3.05) is 26.2 Å². The maximum atomic E-state index is 11.1. The van der Waals surface area contributed by atoms with Crippen LogP contribution in [0.2, 0.25) is 0 Å². The molecule has 0 atom stereocenters. The smallest absolute Gasteiger partial charge is 0.359 e. The van der Waals surface area contributed by atoms with Crippen LogP contribution in [0.5, 0.6) is 0 Å². The molecule has 0 amide bonds. The predicted molar refractivity (Wildman–Crippen MR) is 117 cm³/mol. The molecule has 0 rings (SSSR count). The molecule has 0 fully saturated rings. The Morgan fingerprint density at radius 1 is 0.600 bits per heavy atom. The van der Waals surface area contributed by atoms with Gasteiger partial charge in [0.2, 0.25) is 0 Å². The van der Waals surface area contributed by atoms with Crippen molar-refractivity contribution in [1.82, 2.24) is 0 Å². The minimum Gasteiger partial charge on any atom is -0.477 e. The molecule has 0 saturated heterocycles. The van der Waals surface area contributed by atoms with Gasteiger partial charge in [0.1, 0.15) is 0 Å². The quantitative estimate of drug-likeness (QED) is 0.139. The summed E-state index contributed by atoms with van der Waals surface area (Å²) in [6.45, 7) is 1.03. The van der Waals surface area contributed by atoms with E-state index in [9.17, 15) is 14.4 Å². The van der Waals surface area contributed by atoms with Crippen molar-refractivity contribution in [3.63, 3.8) is 0 Å². The molecule has 0 aromatic heterocycles. The summed E-state index contributed by atoms with van der Waals surface area (Å²) in [4.78, 5) is 33.4. The van der Waals surface area contributed by atoms with Gasteiger partial charge >= 0.3 is 17.9 Å². The van der Waals surface area contributed by atoms with Crippen LogP contribution in [0.25, 0.3) is 0 Å². The molecule has 3 N–H and O–H groups in total. The normalized spacial score (nSPS) is 11.8. The molecule has 30 heavy (non-hydrogen) atoms. The monoisotopic (exact) mass is 428 g/mol. The molecule has 0 saturated carbocycles. The zero-order valence-corrected chi connectivity index (χ0v) is 18.7. The lowest BCUT2D eigenvalue weighted by atomic mass is 10.1. The van der Waals surface area contributed by atoms with Gasteiger partial charge in [0.25, 0.3) is 0 Å². The highest BCUT2D eigenvalue weighted by Crippen LogP contribution is 2.13. The van der Waals surface area contributed by atoms with E-state index in [2.05, 4.69) is 19.1 Å². The lowest BCUT2D eigenvalue weighted by Gasteiger charge is -2.34. The van der Waals surface area contributed by atoms with Crippen molar-refractivity contribution in [3.8, 4) is 0 Å². The highest BCUT2D eigenvalue weighted by molar-refractivity contribution is 5.73. The second kappa shape index (κ2) is 17.9. The number of rotatable bonds is 21. The maximum Gasteiger partial charge on any atom is 0.359 e. The number of unbranched alkanes of at least 4 members (excludes halogenated alkanes) is 11. The summed E-state index contributed by atoms with van der Waals surface area (Å²) in [7, 11) is 0. The van der Waals surface area contributed by atoms with Crippen LogP contribution in [-0.2, 0) is 14.4 Å². The molecule has 0 aliphatic heterocycles. The largest absolute Gasteiger partial charge is 0.477 e. The van der Waals surface area contributed by atoms with Gasteiger partial charge in [0, 0.05) is 0 Å². The third-order valence-corrected chi connectivity index (χ3v) is 5.31. The van der Waals surface area contributed by atoms with Crippen molar-refractivity contribution in [2.24, 2.45) is 0 Å². The Hall–Kier alpha value is -1.89. The number of aliphatic carboxylic acids is 3. The van der Waals surface area contributed by atoms with Gasteiger partial charge in [0.15, 0.2) is 19.6 Å². The fraction of sp³-hybridized carbons (Fsp3) is 0.783. The first-order valence-corrected chi connectivity index (χ1v) is 11.5. The molecule has 0 unspecified atom stereocenters. The van der Waals surface area contributed by atoms with Gasteiger partial charge in [-0.15, -0.1) is 0 Å². The van der Waals surface area contributed by atoms with Crippen LogP contribution in [0.1, 0.15) is 90.4 Å². The summed E-state index contributed by atoms with van der Waals surface area (Å²) < 4.78 is -0.443. The molecule has 174 valence electrons.